The number of hydrogen-bond acceptors (Lipinski definition) is 2. The van der Waals surface area contributed by atoms with Gasteiger partial charge in [0, 0.05) is 19.5 Å². The van der Waals surface area contributed by atoms with E-state index < -0.39 is 0 Å². The van der Waals surface area contributed by atoms with Crippen LogP contribution in [0.5, 0.6) is 0 Å². The summed E-state index contributed by atoms with van der Waals surface area (Å²) >= 11 is 0. The molecule has 2 atom stereocenters. The first-order valence-corrected chi connectivity index (χ1v) is 5.26. The molecule has 0 aromatic rings. The Hall–Kier alpha value is -0.520. The number of rotatable bonds is 2. The quantitative estimate of drug-likeness (QED) is 0.621. The number of terminal acetylenes is 1. The van der Waals surface area contributed by atoms with E-state index >= 15 is 0 Å². The van der Waals surface area contributed by atoms with Gasteiger partial charge in [0.05, 0.1) is 0 Å². The van der Waals surface area contributed by atoms with E-state index in [1.54, 1.807) is 0 Å². The van der Waals surface area contributed by atoms with Crippen molar-refractivity contribution in [1.82, 2.24) is 10.2 Å². The minimum Gasteiger partial charge on any atom is -0.316 e. The standard InChI is InChI=1S/C11H18N2/c1-2-3-5-13-6-4-10-7-12-8-11(10)9-13/h1,10-12H,3-9H2. The van der Waals surface area contributed by atoms with Crippen LogP contribution >= 0.6 is 0 Å². The van der Waals surface area contributed by atoms with Gasteiger partial charge in [0.15, 0.2) is 0 Å². The van der Waals surface area contributed by atoms with E-state index in [2.05, 4.69) is 16.1 Å². The summed E-state index contributed by atoms with van der Waals surface area (Å²) in [5, 5.41) is 3.47. The Morgan fingerprint density at radius 2 is 2.23 bits per heavy atom. The maximum atomic E-state index is 5.26. The highest BCUT2D eigenvalue weighted by Gasteiger charge is 2.32. The van der Waals surface area contributed by atoms with Gasteiger partial charge < -0.3 is 10.2 Å². The van der Waals surface area contributed by atoms with Gasteiger partial charge in [0.1, 0.15) is 0 Å². The first kappa shape index (κ1) is 9.05. The molecule has 0 aromatic carbocycles. The van der Waals surface area contributed by atoms with Crippen LogP contribution in [-0.4, -0.2) is 37.6 Å². The highest BCUT2D eigenvalue weighted by molar-refractivity contribution is 4.90. The first-order chi connectivity index (χ1) is 6.40. The van der Waals surface area contributed by atoms with Crippen molar-refractivity contribution in [1.29, 1.82) is 0 Å². The largest absolute Gasteiger partial charge is 0.316 e. The Balaban J connectivity index is 1.80. The fraction of sp³-hybridized carbons (Fsp3) is 0.818. The van der Waals surface area contributed by atoms with Gasteiger partial charge in [-0.05, 0) is 37.9 Å². The van der Waals surface area contributed by atoms with Crippen LogP contribution in [0.2, 0.25) is 0 Å². The summed E-state index contributed by atoms with van der Waals surface area (Å²) in [6.07, 6.45) is 7.53. The third kappa shape index (κ3) is 2.04. The molecule has 2 nitrogen and oxygen atoms in total. The van der Waals surface area contributed by atoms with E-state index in [0.717, 1.165) is 24.8 Å². The molecule has 0 aromatic heterocycles. The highest BCUT2D eigenvalue weighted by Crippen LogP contribution is 2.26. The fourth-order valence-electron chi connectivity index (χ4n) is 2.54. The summed E-state index contributed by atoms with van der Waals surface area (Å²) in [6.45, 7) is 6.08. The highest BCUT2D eigenvalue weighted by atomic mass is 15.1. The van der Waals surface area contributed by atoms with Crippen molar-refractivity contribution in [3.05, 3.63) is 0 Å². The van der Waals surface area contributed by atoms with Crippen molar-refractivity contribution in [2.24, 2.45) is 11.8 Å². The van der Waals surface area contributed by atoms with Gasteiger partial charge in [0.25, 0.3) is 0 Å². The molecule has 2 heterocycles. The number of piperidine rings is 1. The lowest BCUT2D eigenvalue weighted by atomic mass is 9.89. The third-order valence-corrected chi connectivity index (χ3v) is 3.36. The van der Waals surface area contributed by atoms with E-state index in [0.29, 0.717) is 0 Å². The summed E-state index contributed by atoms with van der Waals surface area (Å²) in [5.74, 6) is 4.56. The van der Waals surface area contributed by atoms with Crippen LogP contribution in [0.1, 0.15) is 12.8 Å². The average Bonchev–Trinajstić information content (AvgIpc) is 2.61. The molecule has 2 aliphatic rings. The Labute approximate surface area is 80.7 Å². The van der Waals surface area contributed by atoms with E-state index in [9.17, 15) is 0 Å². The smallest absolute Gasteiger partial charge is 0.0214 e. The normalized spacial score (nSPS) is 34.1. The van der Waals surface area contributed by atoms with Crippen molar-refractivity contribution in [3.63, 3.8) is 0 Å². The topological polar surface area (TPSA) is 15.3 Å². The molecular weight excluding hydrogens is 160 g/mol. The number of nitrogens with zero attached hydrogens (tertiary/aromatic N) is 1. The van der Waals surface area contributed by atoms with Crippen molar-refractivity contribution in [2.75, 3.05) is 32.7 Å². The van der Waals surface area contributed by atoms with Gasteiger partial charge in [-0.15, -0.1) is 12.3 Å². The van der Waals surface area contributed by atoms with E-state index in [4.69, 9.17) is 6.42 Å². The summed E-state index contributed by atoms with van der Waals surface area (Å²) in [7, 11) is 0. The molecule has 2 aliphatic heterocycles. The van der Waals surface area contributed by atoms with Crippen LogP contribution in [-0.2, 0) is 0 Å². The molecule has 0 radical (unpaired) electrons. The van der Waals surface area contributed by atoms with Crippen LogP contribution in [0.4, 0.5) is 0 Å². The second-order valence-electron chi connectivity index (χ2n) is 4.22. The lowest BCUT2D eigenvalue weighted by Crippen LogP contribution is -2.40. The molecular formula is C11H18N2. The lowest BCUT2D eigenvalue weighted by Gasteiger charge is -2.33. The van der Waals surface area contributed by atoms with Crippen molar-refractivity contribution in [2.45, 2.75) is 12.8 Å². The summed E-state index contributed by atoms with van der Waals surface area (Å²) in [6, 6.07) is 0. The lowest BCUT2D eigenvalue weighted by molar-refractivity contribution is 0.152. The Morgan fingerprint density at radius 1 is 1.38 bits per heavy atom. The van der Waals surface area contributed by atoms with Crippen LogP contribution < -0.4 is 5.32 Å². The Bertz CT molecular complexity index is 207. The number of fused-ring (bicyclic) bond motifs is 1. The molecule has 0 saturated carbocycles. The zero-order valence-electron chi connectivity index (χ0n) is 8.13. The summed E-state index contributed by atoms with van der Waals surface area (Å²) < 4.78 is 0. The van der Waals surface area contributed by atoms with Crippen molar-refractivity contribution < 1.29 is 0 Å². The summed E-state index contributed by atoms with van der Waals surface area (Å²) in [4.78, 5) is 2.52. The van der Waals surface area contributed by atoms with Crippen molar-refractivity contribution in [3.8, 4) is 12.3 Å². The maximum Gasteiger partial charge on any atom is 0.0214 e. The van der Waals surface area contributed by atoms with Crippen LogP contribution in [0.3, 0.4) is 0 Å². The molecule has 2 fully saturated rings. The molecule has 0 amide bonds. The zero-order chi connectivity index (χ0) is 9.10. The molecule has 0 spiro atoms. The molecule has 2 unspecified atom stereocenters. The van der Waals surface area contributed by atoms with Crippen LogP contribution in [0, 0.1) is 24.2 Å². The SMILES string of the molecule is C#CCCN1CCC2CNCC2C1. The van der Waals surface area contributed by atoms with Crippen LogP contribution in [0.25, 0.3) is 0 Å². The van der Waals surface area contributed by atoms with E-state index in [1.165, 1.54) is 32.6 Å². The fourth-order valence-corrected chi connectivity index (χ4v) is 2.54. The Morgan fingerprint density at radius 3 is 3.08 bits per heavy atom. The monoisotopic (exact) mass is 178 g/mol. The van der Waals surface area contributed by atoms with Gasteiger partial charge in [-0.1, -0.05) is 0 Å². The second-order valence-corrected chi connectivity index (χ2v) is 4.22. The second kappa shape index (κ2) is 4.13. The summed E-state index contributed by atoms with van der Waals surface area (Å²) in [5.41, 5.74) is 0. The number of nitrogens with one attached hydrogen (secondary N) is 1. The molecule has 0 aliphatic carbocycles. The zero-order valence-corrected chi connectivity index (χ0v) is 8.13. The van der Waals surface area contributed by atoms with Gasteiger partial charge in [-0.2, -0.15) is 0 Å². The van der Waals surface area contributed by atoms with Gasteiger partial charge >= 0.3 is 0 Å². The Kier molecular flexibility index (Phi) is 2.87. The molecule has 72 valence electrons. The predicted molar refractivity (Wildman–Crippen MR) is 54.4 cm³/mol. The number of likely N-dealkylation sites (tertiary alicyclic amines) is 1. The minimum atomic E-state index is 0.895. The van der Waals surface area contributed by atoms with Crippen LogP contribution in [0.15, 0.2) is 0 Å². The molecule has 2 rings (SSSR count). The third-order valence-electron chi connectivity index (χ3n) is 3.36. The van der Waals surface area contributed by atoms with Gasteiger partial charge in [-0.3, -0.25) is 0 Å². The van der Waals surface area contributed by atoms with E-state index in [1.807, 2.05) is 0 Å². The average molecular weight is 178 g/mol. The molecule has 13 heavy (non-hydrogen) atoms. The van der Waals surface area contributed by atoms with Gasteiger partial charge in [0.2, 0.25) is 0 Å². The van der Waals surface area contributed by atoms with E-state index in [-0.39, 0.29) is 0 Å². The van der Waals surface area contributed by atoms with Crippen molar-refractivity contribution >= 4 is 0 Å². The molecule has 2 saturated heterocycles. The minimum absolute atomic E-state index is 0.895. The molecule has 2 heteroatoms. The maximum absolute atomic E-state index is 5.26. The molecule has 0 bridgehead atoms. The van der Waals surface area contributed by atoms with Gasteiger partial charge in [-0.25, -0.2) is 0 Å². The molecule has 1 N–H and O–H groups in total. The predicted octanol–water partition coefficient (Wildman–Crippen LogP) is 0.551. The number of hydrogen-bond donors (Lipinski definition) is 1. The first-order valence-electron chi connectivity index (χ1n) is 5.26.